The molecule has 1 aliphatic heterocycles. The van der Waals surface area contributed by atoms with E-state index in [1.165, 1.54) is 32.1 Å². The van der Waals surface area contributed by atoms with Crippen LogP contribution in [0.4, 0.5) is 0 Å². The fraction of sp³-hybridized carbons (Fsp3) is 0.875. The Balaban J connectivity index is 2.05. The van der Waals surface area contributed by atoms with Gasteiger partial charge >= 0.3 is 0 Å². The van der Waals surface area contributed by atoms with Crippen LogP contribution in [0.3, 0.4) is 0 Å². The SMILES string of the molecule is NN1CC2(C=N1)CCCCC2. The first-order chi connectivity index (χ1) is 5.31. The Kier molecular flexibility index (Phi) is 1.60. The van der Waals surface area contributed by atoms with E-state index in [2.05, 4.69) is 11.3 Å². The lowest BCUT2D eigenvalue weighted by Gasteiger charge is -2.30. The summed E-state index contributed by atoms with van der Waals surface area (Å²) in [5, 5.41) is 5.67. The van der Waals surface area contributed by atoms with E-state index in [9.17, 15) is 0 Å². The maximum Gasteiger partial charge on any atom is 0.0637 e. The molecule has 0 saturated heterocycles. The first-order valence-electron chi connectivity index (χ1n) is 4.38. The fourth-order valence-electron chi connectivity index (χ4n) is 2.14. The van der Waals surface area contributed by atoms with Crippen molar-refractivity contribution in [1.29, 1.82) is 0 Å². The molecule has 3 nitrogen and oxygen atoms in total. The molecule has 2 N–H and O–H groups in total. The molecule has 1 spiro atoms. The molecule has 1 fully saturated rings. The molecule has 0 radical (unpaired) electrons. The number of nitrogens with two attached hydrogens (primary N) is 1. The second-order valence-corrected chi connectivity index (χ2v) is 3.77. The van der Waals surface area contributed by atoms with Crippen LogP contribution in [0.1, 0.15) is 32.1 Å². The van der Waals surface area contributed by atoms with Gasteiger partial charge in [-0.05, 0) is 12.8 Å². The Morgan fingerprint density at radius 3 is 2.55 bits per heavy atom. The van der Waals surface area contributed by atoms with Gasteiger partial charge in [0.1, 0.15) is 0 Å². The van der Waals surface area contributed by atoms with Crippen LogP contribution in [-0.2, 0) is 0 Å². The molecule has 1 saturated carbocycles. The van der Waals surface area contributed by atoms with Crippen molar-refractivity contribution < 1.29 is 0 Å². The zero-order valence-corrected chi connectivity index (χ0v) is 6.79. The molecule has 0 aromatic heterocycles. The standard InChI is InChI=1S/C8H15N3/c9-11-7-8(6-10-11)4-2-1-3-5-8/h6H,1-5,7,9H2. The second-order valence-electron chi connectivity index (χ2n) is 3.77. The van der Waals surface area contributed by atoms with Crippen molar-refractivity contribution in [2.75, 3.05) is 6.54 Å². The van der Waals surface area contributed by atoms with E-state index in [0.29, 0.717) is 5.41 Å². The molecule has 0 aromatic rings. The first kappa shape index (κ1) is 7.10. The van der Waals surface area contributed by atoms with Crippen molar-refractivity contribution in [3.63, 3.8) is 0 Å². The Hall–Kier alpha value is -0.570. The average molecular weight is 153 g/mol. The van der Waals surface area contributed by atoms with Gasteiger partial charge in [-0.1, -0.05) is 19.3 Å². The summed E-state index contributed by atoms with van der Waals surface area (Å²) in [5.74, 6) is 5.58. The third kappa shape index (κ3) is 1.25. The molecular formula is C8H15N3. The molecule has 0 aromatic carbocycles. The summed E-state index contributed by atoms with van der Waals surface area (Å²) in [5.41, 5.74) is 0.354. The lowest BCUT2D eigenvalue weighted by molar-refractivity contribution is 0.206. The van der Waals surface area contributed by atoms with E-state index in [-0.39, 0.29) is 0 Å². The predicted octanol–water partition coefficient (Wildman–Crippen LogP) is 1.11. The van der Waals surface area contributed by atoms with Gasteiger partial charge in [-0.3, -0.25) is 0 Å². The molecule has 1 aliphatic carbocycles. The van der Waals surface area contributed by atoms with Crippen molar-refractivity contribution in [1.82, 2.24) is 5.12 Å². The number of nitrogens with zero attached hydrogens (tertiary/aromatic N) is 2. The van der Waals surface area contributed by atoms with Crippen LogP contribution < -0.4 is 5.84 Å². The van der Waals surface area contributed by atoms with Gasteiger partial charge in [0, 0.05) is 11.6 Å². The summed E-state index contributed by atoms with van der Waals surface area (Å²) in [7, 11) is 0. The molecule has 2 aliphatic rings. The molecule has 0 amide bonds. The summed E-state index contributed by atoms with van der Waals surface area (Å²) >= 11 is 0. The second kappa shape index (κ2) is 2.48. The summed E-state index contributed by atoms with van der Waals surface area (Å²) in [6, 6.07) is 0. The molecule has 1 heterocycles. The molecule has 0 bridgehead atoms. The maximum absolute atomic E-state index is 5.58. The van der Waals surface area contributed by atoms with E-state index in [1.807, 2.05) is 0 Å². The number of hydrazine groups is 1. The zero-order chi connectivity index (χ0) is 7.73. The molecule has 2 rings (SSSR count). The summed E-state index contributed by atoms with van der Waals surface area (Å²) in [4.78, 5) is 0. The molecule has 3 heteroatoms. The van der Waals surface area contributed by atoms with E-state index in [4.69, 9.17) is 5.84 Å². The minimum atomic E-state index is 0.354. The smallest absolute Gasteiger partial charge is 0.0637 e. The van der Waals surface area contributed by atoms with Gasteiger partial charge in [0.2, 0.25) is 0 Å². The van der Waals surface area contributed by atoms with Gasteiger partial charge < -0.3 is 0 Å². The van der Waals surface area contributed by atoms with Crippen LogP contribution in [0.5, 0.6) is 0 Å². The lowest BCUT2D eigenvalue weighted by Crippen LogP contribution is -2.34. The van der Waals surface area contributed by atoms with E-state index < -0.39 is 0 Å². The largest absolute Gasteiger partial charge is 0.232 e. The molecule has 62 valence electrons. The highest BCUT2D eigenvalue weighted by atomic mass is 15.6. The van der Waals surface area contributed by atoms with Crippen molar-refractivity contribution in [3.8, 4) is 0 Å². The summed E-state index contributed by atoms with van der Waals surface area (Å²) in [6.45, 7) is 0.938. The van der Waals surface area contributed by atoms with Gasteiger partial charge in [-0.25, -0.2) is 11.0 Å². The minimum Gasteiger partial charge on any atom is -0.232 e. The van der Waals surface area contributed by atoms with Gasteiger partial charge in [-0.15, -0.1) is 0 Å². The Morgan fingerprint density at radius 2 is 2.00 bits per heavy atom. The maximum atomic E-state index is 5.58. The zero-order valence-electron chi connectivity index (χ0n) is 6.79. The van der Waals surface area contributed by atoms with Crippen LogP contribution in [0.15, 0.2) is 5.10 Å². The third-order valence-electron chi connectivity index (χ3n) is 2.81. The van der Waals surface area contributed by atoms with Crippen molar-refractivity contribution in [2.24, 2.45) is 16.4 Å². The average Bonchev–Trinajstić information content (AvgIpc) is 2.34. The quantitative estimate of drug-likeness (QED) is 0.530. The highest BCUT2D eigenvalue weighted by Gasteiger charge is 2.35. The Bertz CT molecular complexity index is 170. The first-order valence-corrected chi connectivity index (χ1v) is 4.38. The molecule has 0 unspecified atom stereocenters. The Labute approximate surface area is 67.2 Å². The lowest BCUT2D eigenvalue weighted by atomic mass is 9.75. The summed E-state index contributed by atoms with van der Waals surface area (Å²) in [6.07, 6.45) is 8.71. The van der Waals surface area contributed by atoms with Crippen molar-refractivity contribution in [2.45, 2.75) is 32.1 Å². The number of rotatable bonds is 0. The van der Waals surface area contributed by atoms with Crippen LogP contribution >= 0.6 is 0 Å². The van der Waals surface area contributed by atoms with E-state index in [0.717, 1.165) is 6.54 Å². The molecule has 11 heavy (non-hydrogen) atoms. The van der Waals surface area contributed by atoms with Crippen LogP contribution in [0.2, 0.25) is 0 Å². The highest BCUT2D eigenvalue weighted by molar-refractivity contribution is 5.67. The molecular weight excluding hydrogens is 138 g/mol. The van der Waals surface area contributed by atoms with E-state index >= 15 is 0 Å². The highest BCUT2D eigenvalue weighted by Crippen LogP contribution is 2.37. The fourth-order valence-corrected chi connectivity index (χ4v) is 2.14. The molecule has 0 atom stereocenters. The number of hydrogen-bond acceptors (Lipinski definition) is 3. The van der Waals surface area contributed by atoms with Gasteiger partial charge in [0.15, 0.2) is 0 Å². The van der Waals surface area contributed by atoms with Crippen LogP contribution in [-0.4, -0.2) is 17.9 Å². The van der Waals surface area contributed by atoms with Gasteiger partial charge in [0.05, 0.1) is 6.54 Å². The Morgan fingerprint density at radius 1 is 1.27 bits per heavy atom. The number of hydrogen-bond donors (Lipinski definition) is 1. The topological polar surface area (TPSA) is 41.6 Å². The van der Waals surface area contributed by atoms with Crippen LogP contribution in [0.25, 0.3) is 0 Å². The predicted molar refractivity (Wildman–Crippen MR) is 44.9 cm³/mol. The van der Waals surface area contributed by atoms with Gasteiger partial charge in [0.25, 0.3) is 0 Å². The monoisotopic (exact) mass is 153 g/mol. The van der Waals surface area contributed by atoms with Gasteiger partial charge in [-0.2, -0.15) is 5.10 Å². The minimum absolute atomic E-state index is 0.354. The number of hydrazone groups is 1. The summed E-state index contributed by atoms with van der Waals surface area (Å²) < 4.78 is 0. The third-order valence-corrected chi connectivity index (χ3v) is 2.81. The van der Waals surface area contributed by atoms with E-state index in [1.54, 1.807) is 5.12 Å². The van der Waals surface area contributed by atoms with Crippen LogP contribution in [0, 0.1) is 5.41 Å². The normalized spacial score (nSPS) is 28.3. The van der Waals surface area contributed by atoms with Crippen molar-refractivity contribution >= 4 is 6.21 Å². The van der Waals surface area contributed by atoms with Crippen molar-refractivity contribution in [3.05, 3.63) is 0 Å².